The standard InChI is InChI=1S/C13H16N4O2S/c1-13(2)4-8-6(5-19-13)3-7-9(14)10(11(18)17-15)20-12(7)16-8/h3H,4-5,14-15H2,1-2H3,(H,17,18). The minimum Gasteiger partial charge on any atom is -0.397 e. The summed E-state index contributed by atoms with van der Waals surface area (Å²) in [5.74, 6) is 4.77. The molecule has 20 heavy (non-hydrogen) atoms. The van der Waals surface area contributed by atoms with Crippen LogP contribution in [0.5, 0.6) is 0 Å². The molecular formula is C13H16N4O2S. The Morgan fingerprint density at radius 3 is 3.00 bits per heavy atom. The highest BCUT2D eigenvalue weighted by Crippen LogP contribution is 2.36. The molecule has 6 nitrogen and oxygen atoms in total. The van der Waals surface area contributed by atoms with Crippen LogP contribution in [0.2, 0.25) is 0 Å². The number of nitrogens with zero attached hydrogens (tertiary/aromatic N) is 1. The number of carbonyl (C=O) groups is 1. The van der Waals surface area contributed by atoms with Crippen molar-refractivity contribution in [3.05, 3.63) is 22.2 Å². The molecule has 1 aliphatic rings. The number of carbonyl (C=O) groups excluding carboxylic acids is 1. The van der Waals surface area contributed by atoms with Crippen molar-refractivity contribution in [1.29, 1.82) is 0 Å². The van der Waals surface area contributed by atoms with Crippen molar-refractivity contribution in [2.45, 2.75) is 32.5 Å². The van der Waals surface area contributed by atoms with E-state index < -0.39 is 0 Å². The minimum absolute atomic E-state index is 0.214. The number of aromatic nitrogens is 1. The van der Waals surface area contributed by atoms with Crippen LogP contribution in [0.25, 0.3) is 10.2 Å². The van der Waals surface area contributed by atoms with Crippen molar-refractivity contribution in [2.24, 2.45) is 5.84 Å². The number of hydrazine groups is 1. The Kier molecular flexibility index (Phi) is 2.93. The lowest BCUT2D eigenvalue weighted by molar-refractivity contribution is -0.0411. The highest BCUT2D eigenvalue weighted by atomic mass is 32.1. The van der Waals surface area contributed by atoms with Gasteiger partial charge in [0.05, 0.1) is 23.6 Å². The lowest BCUT2D eigenvalue weighted by Gasteiger charge is -2.30. The first kappa shape index (κ1) is 13.3. The number of amides is 1. The normalized spacial score (nSPS) is 16.9. The number of nitrogens with one attached hydrogen (secondary N) is 1. The number of fused-ring (bicyclic) bond motifs is 2. The molecule has 2 aromatic rings. The van der Waals surface area contributed by atoms with Gasteiger partial charge in [-0.3, -0.25) is 10.2 Å². The molecule has 5 N–H and O–H groups in total. The van der Waals surface area contributed by atoms with Crippen LogP contribution in [0, 0.1) is 0 Å². The first-order valence-electron chi connectivity index (χ1n) is 6.27. The van der Waals surface area contributed by atoms with Gasteiger partial charge >= 0.3 is 0 Å². The van der Waals surface area contributed by atoms with Gasteiger partial charge in [0.25, 0.3) is 5.91 Å². The Balaban J connectivity index is 2.16. The summed E-state index contributed by atoms with van der Waals surface area (Å²) in [6.45, 7) is 4.59. The highest BCUT2D eigenvalue weighted by Gasteiger charge is 2.28. The van der Waals surface area contributed by atoms with Crippen LogP contribution in [0.3, 0.4) is 0 Å². The molecular weight excluding hydrogens is 276 g/mol. The van der Waals surface area contributed by atoms with Gasteiger partial charge < -0.3 is 10.5 Å². The maximum absolute atomic E-state index is 11.7. The number of ether oxygens (including phenoxy) is 1. The molecule has 0 unspecified atom stereocenters. The van der Waals surface area contributed by atoms with Crippen molar-refractivity contribution in [1.82, 2.24) is 10.4 Å². The van der Waals surface area contributed by atoms with E-state index in [2.05, 4.69) is 10.4 Å². The molecule has 0 bridgehead atoms. The second-order valence-corrected chi connectivity index (χ2v) is 6.49. The summed E-state index contributed by atoms with van der Waals surface area (Å²) in [6.07, 6.45) is 0.745. The molecule has 0 spiro atoms. The SMILES string of the molecule is CC1(C)Cc2nc3sc(C(=O)NN)c(N)c3cc2CO1. The van der Waals surface area contributed by atoms with Crippen LogP contribution in [0.1, 0.15) is 34.8 Å². The molecule has 1 amide bonds. The summed E-state index contributed by atoms with van der Waals surface area (Å²) < 4.78 is 5.78. The number of thiophene rings is 1. The highest BCUT2D eigenvalue weighted by molar-refractivity contribution is 7.21. The molecule has 106 valence electrons. The molecule has 0 fully saturated rings. The molecule has 0 saturated carbocycles. The number of hydrogen-bond donors (Lipinski definition) is 3. The number of anilines is 1. The molecule has 0 atom stereocenters. The fourth-order valence-electron chi connectivity index (χ4n) is 2.36. The Hall–Kier alpha value is -1.70. The fraction of sp³-hybridized carbons (Fsp3) is 0.385. The van der Waals surface area contributed by atoms with Gasteiger partial charge in [0.2, 0.25) is 0 Å². The van der Waals surface area contributed by atoms with E-state index in [4.69, 9.17) is 16.3 Å². The van der Waals surface area contributed by atoms with Gasteiger partial charge in [0.1, 0.15) is 9.71 Å². The van der Waals surface area contributed by atoms with Crippen molar-refractivity contribution >= 4 is 33.1 Å². The van der Waals surface area contributed by atoms with Crippen molar-refractivity contribution in [3.63, 3.8) is 0 Å². The number of hydrogen-bond acceptors (Lipinski definition) is 6. The van der Waals surface area contributed by atoms with E-state index in [9.17, 15) is 4.79 Å². The molecule has 0 aliphatic carbocycles. The van der Waals surface area contributed by atoms with Gasteiger partial charge in [-0.15, -0.1) is 11.3 Å². The molecule has 0 saturated heterocycles. The summed E-state index contributed by atoms with van der Waals surface area (Å²) in [6, 6.07) is 1.96. The molecule has 3 rings (SSSR count). The van der Waals surface area contributed by atoms with E-state index in [1.165, 1.54) is 11.3 Å². The largest absolute Gasteiger partial charge is 0.397 e. The number of pyridine rings is 1. The van der Waals surface area contributed by atoms with Crippen molar-refractivity contribution in [3.8, 4) is 0 Å². The fourth-order valence-corrected chi connectivity index (χ4v) is 3.36. The molecule has 0 radical (unpaired) electrons. The van der Waals surface area contributed by atoms with E-state index in [0.717, 1.165) is 27.9 Å². The Morgan fingerprint density at radius 2 is 2.30 bits per heavy atom. The topological polar surface area (TPSA) is 103 Å². The van der Waals surface area contributed by atoms with Crippen LogP contribution >= 0.6 is 11.3 Å². The predicted octanol–water partition coefficient (Wildman–Crippen LogP) is 1.33. The van der Waals surface area contributed by atoms with E-state index >= 15 is 0 Å². The van der Waals surface area contributed by atoms with Crippen molar-refractivity contribution in [2.75, 3.05) is 5.73 Å². The average molecular weight is 292 g/mol. The van der Waals surface area contributed by atoms with Gasteiger partial charge in [0.15, 0.2) is 0 Å². The van der Waals surface area contributed by atoms with Crippen molar-refractivity contribution < 1.29 is 9.53 Å². The van der Waals surface area contributed by atoms with Crippen LogP contribution in [0.15, 0.2) is 6.07 Å². The Morgan fingerprint density at radius 1 is 1.55 bits per heavy atom. The summed E-state index contributed by atoms with van der Waals surface area (Å²) in [7, 11) is 0. The van der Waals surface area contributed by atoms with E-state index in [-0.39, 0.29) is 11.5 Å². The first-order valence-corrected chi connectivity index (χ1v) is 7.08. The van der Waals surface area contributed by atoms with E-state index in [1.807, 2.05) is 19.9 Å². The smallest absolute Gasteiger partial charge is 0.277 e. The van der Waals surface area contributed by atoms with Gasteiger partial charge in [-0.1, -0.05) is 0 Å². The summed E-state index contributed by atoms with van der Waals surface area (Å²) in [5, 5.41) is 0.788. The van der Waals surface area contributed by atoms with E-state index in [0.29, 0.717) is 17.2 Å². The Bertz CT molecular complexity index is 708. The summed E-state index contributed by atoms with van der Waals surface area (Å²) >= 11 is 1.26. The summed E-state index contributed by atoms with van der Waals surface area (Å²) in [4.78, 5) is 17.5. The third-order valence-electron chi connectivity index (χ3n) is 3.44. The summed E-state index contributed by atoms with van der Waals surface area (Å²) in [5.41, 5.74) is 10.4. The zero-order chi connectivity index (χ0) is 14.5. The maximum Gasteiger partial charge on any atom is 0.277 e. The molecule has 2 aromatic heterocycles. The first-order chi connectivity index (χ1) is 9.41. The van der Waals surface area contributed by atoms with Crippen LogP contribution < -0.4 is 17.0 Å². The van der Waals surface area contributed by atoms with Gasteiger partial charge in [-0.2, -0.15) is 0 Å². The predicted molar refractivity (Wildman–Crippen MR) is 78.3 cm³/mol. The lowest BCUT2D eigenvalue weighted by atomic mass is 9.95. The van der Waals surface area contributed by atoms with E-state index in [1.54, 1.807) is 0 Å². The molecule has 1 aliphatic heterocycles. The second-order valence-electron chi connectivity index (χ2n) is 5.49. The molecule has 3 heterocycles. The third kappa shape index (κ3) is 2.04. The maximum atomic E-state index is 11.7. The number of rotatable bonds is 1. The number of nitrogen functional groups attached to an aromatic ring is 2. The molecule has 0 aromatic carbocycles. The van der Waals surface area contributed by atoms with Gasteiger partial charge in [-0.25, -0.2) is 10.8 Å². The zero-order valence-electron chi connectivity index (χ0n) is 11.3. The van der Waals surface area contributed by atoms with Crippen LogP contribution in [-0.2, 0) is 17.8 Å². The Labute approximate surface area is 120 Å². The lowest BCUT2D eigenvalue weighted by Crippen LogP contribution is -2.32. The van der Waals surface area contributed by atoms with Gasteiger partial charge in [0, 0.05) is 17.4 Å². The second kappa shape index (κ2) is 4.41. The number of nitrogens with two attached hydrogens (primary N) is 2. The quantitative estimate of drug-likeness (QED) is 0.418. The van der Waals surface area contributed by atoms with Crippen LogP contribution in [0.4, 0.5) is 5.69 Å². The average Bonchev–Trinajstić information content (AvgIpc) is 2.71. The third-order valence-corrected chi connectivity index (χ3v) is 4.55. The van der Waals surface area contributed by atoms with Gasteiger partial charge in [-0.05, 0) is 19.9 Å². The van der Waals surface area contributed by atoms with Crippen LogP contribution in [-0.4, -0.2) is 16.5 Å². The zero-order valence-corrected chi connectivity index (χ0v) is 12.1. The minimum atomic E-state index is -0.389. The molecule has 7 heteroatoms. The monoisotopic (exact) mass is 292 g/mol.